The molecule has 0 spiro atoms. The molecule has 2 aromatic carbocycles. The van der Waals surface area contributed by atoms with E-state index >= 15 is 0 Å². The number of hydrogen-bond donors (Lipinski definition) is 2. The normalized spacial score (nSPS) is 27.0. The van der Waals surface area contributed by atoms with Gasteiger partial charge in [0.2, 0.25) is 0 Å². The first-order valence-corrected chi connectivity index (χ1v) is 12.9. The number of benzene rings is 2. The zero-order valence-electron chi connectivity index (χ0n) is 21.9. The van der Waals surface area contributed by atoms with E-state index in [0.717, 1.165) is 48.5 Å². The summed E-state index contributed by atoms with van der Waals surface area (Å²) < 4.78 is 87.6. The van der Waals surface area contributed by atoms with Gasteiger partial charge < -0.3 is 20.9 Å². The van der Waals surface area contributed by atoms with Crippen LogP contribution in [0, 0.1) is 0 Å². The van der Waals surface area contributed by atoms with Crippen molar-refractivity contribution in [3.63, 3.8) is 0 Å². The van der Waals surface area contributed by atoms with Crippen LogP contribution < -0.4 is 11.5 Å². The Balaban J connectivity index is 1.42. The van der Waals surface area contributed by atoms with Gasteiger partial charge in [-0.2, -0.15) is 26.3 Å². The van der Waals surface area contributed by atoms with Crippen molar-refractivity contribution in [1.29, 1.82) is 0 Å². The number of rotatable bonds is 4. The summed E-state index contributed by atoms with van der Waals surface area (Å²) in [6, 6.07) is 7.32. The minimum absolute atomic E-state index is 0.0143. The van der Waals surface area contributed by atoms with Gasteiger partial charge in [0.1, 0.15) is 11.1 Å². The standard InChI is InChI=1S/C28H26F6N2O6/c29-27(30,31)17-9-5-15(6-10-17)25(35)13-1-3-19(21(25)37)41-23(39)24(40)42-20-4-2-14-26(36,22(20)38)16-7-11-18(12-8-16)28(32,33)34/h5-12,19-20H,1-4,13-14,35-36H2. The van der Waals surface area contributed by atoms with Crippen molar-refractivity contribution in [2.45, 2.75) is 74.2 Å². The number of Topliss-reactive ketones (excluding diaryl/α,β-unsaturated/α-hetero) is 2. The predicted molar refractivity (Wildman–Crippen MR) is 132 cm³/mol. The number of carbonyl (C=O) groups excluding carboxylic acids is 4. The molecule has 4 atom stereocenters. The molecule has 0 aromatic heterocycles. The Morgan fingerprint density at radius 1 is 0.643 bits per heavy atom. The molecule has 0 radical (unpaired) electrons. The molecule has 226 valence electrons. The lowest BCUT2D eigenvalue weighted by Crippen LogP contribution is -2.55. The van der Waals surface area contributed by atoms with Gasteiger partial charge in [-0.25, -0.2) is 9.59 Å². The van der Waals surface area contributed by atoms with Crippen LogP contribution in [0.4, 0.5) is 26.3 Å². The topological polar surface area (TPSA) is 139 Å². The summed E-state index contributed by atoms with van der Waals surface area (Å²) in [4.78, 5) is 51.4. The van der Waals surface area contributed by atoms with Crippen LogP contribution in [-0.4, -0.2) is 35.7 Å². The maximum atomic E-state index is 13.1. The van der Waals surface area contributed by atoms with Crippen molar-refractivity contribution in [2.24, 2.45) is 11.5 Å². The van der Waals surface area contributed by atoms with Crippen molar-refractivity contribution >= 4 is 23.5 Å². The highest BCUT2D eigenvalue weighted by molar-refractivity contribution is 6.30. The molecule has 2 aliphatic rings. The molecule has 0 amide bonds. The summed E-state index contributed by atoms with van der Waals surface area (Å²) in [6.45, 7) is 0. The molecule has 4 rings (SSSR count). The summed E-state index contributed by atoms with van der Waals surface area (Å²) in [6.07, 6.45) is -11.7. The van der Waals surface area contributed by atoms with Gasteiger partial charge in [-0.15, -0.1) is 0 Å². The SMILES string of the molecule is NC1(c2ccc(C(F)(F)F)cc2)CCCC(OC(=O)C(=O)OC2CCCC(N)(c3ccc(C(F)(F)F)cc3)C2=O)C1=O. The monoisotopic (exact) mass is 600 g/mol. The highest BCUT2D eigenvalue weighted by Crippen LogP contribution is 2.38. The predicted octanol–water partition coefficient (Wildman–Crippen LogP) is 4.06. The van der Waals surface area contributed by atoms with E-state index in [-0.39, 0.29) is 49.7 Å². The molecule has 2 saturated carbocycles. The zero-order chi connectivity index (χ0) is 31.1. The molecule has 42 heavy (non-hydrogen) atoms. The average Bonchev–Trinajstić information content (AvgIpc) is 2.93. The lowest BCUT2D eigenvalue weighted by molar-refractivity contribution is -0.179. The van der Waals surface area contributed by atoms with Crippen LogP contribution in [0.15, 0.2) is 48.5 Å². The van der Waals surface area contributed by atoms with Crippen molar-refractivity contribution in [3.05, 3.63) is 70.8 Å². The Hall–Kier alpha value is -3.78. The Morgan fingerprint density at radius 2 is 0.952 bits per heavy atom. The smallest absolute Gasteiger partial charge is 0.418 e. The third kappa shape index (κ3) is 6.04. The Bertz CT molecular complexity index is 1270. The van der Waals surface area contributed by atoms with Crippen LogP contribution in [0.2, 0.25) is 0 Å². The van der Waals surface area contributed by atoms with E-state index < -0.39 is 70.3 Å². The Labute approximate surface area is 235 Å². The second-order valence-corrected chi connectivity index (χ2v) is 10.4. The van der Waals surface area contributed by atoms with E-state index in [1.54, 1.807) is 0 Å². The minimum Gasteiger partial charge on any atom is -0.446 e. The Morgan fingerprint density at radius 3 is 1.24 bits per heavy atom. The molecule has 4 unspecified atom stereocenters. The average molecular weight is 601 g/mol. The number of esters is 2. The number of alkyl halides is 6. The van der Waals surface area contributed by atoms with E-state index in [2.05, 4.69) is 0 Å². The zero-order valence-corrected chi connectivity index (χ0v) is 21.9. The molecule has 2 aliphatic carbocycles. The molecule has 0 bridgehead atoms. The number of ether oxygens (including phenoxy) is 2. The van der Waals surface area contributed by atoms with Gasteiger partial charge in [-0.05, 0) is 73.9 Å². The van der Waals surface area contributed by atoms with Gasteiger partial charge in [0.05, 0.1) is 11.1 Å². The van der Waals surface area contributed by atoms with Crippen LogP contribution in [-0.2, 0) is 52.1 Å². The summed E-state index contributed by atoms with van der Waals surface area (Å²) >= 11 is 0. The van der Waals surface area contributed by atoms with Crippen LogP contribution in [0.3, 0.4) is 0 Å². The first-order chi connectivity index (χ1) is 19.5. The lowest BCUT2D eigenvalue weighted by atomic mass is 9.75. The maximum absolute atomic E-state index is 13.1. The van der Waals surface area contributed by atoms with E-state index in [1.807, 2.05) is 0 Å². The van der Waals surface area contributed by atoms with Crippen LogP contribution in [0.25, 0.3) is 0 Å². The van der Waals surface area contributed by atoms with Crippen LogP contribution >= 0.6 is 0 Å². The maximum Gasteiger partial charge on any atom is 0.418 e. The first-order valence-electron chi connectivity index (χ1n) is 12.9. The fraction of sp³-hybridized carbons (Fsp3) is 0.429. The third-order valence-electron chi connectivity index (χ3n) is 7.66. The largest absolute Gasteiger partial charge is 0.446 e. The van der Waals surface area contributed by atoms with Gasteiger partial charge in [0.15, 0.2) is 23.8 Å². The molecule has 2 aromatic rings. The molecular formula is C28H26F6N2O6. The molecule has 4 N–H and O–H groups in total. The summed E-state index contributed by atoms with van der Waals surface area (Å²) in [5.41, 5.74) is 7.19. The fourth-order valence-corrected chi connectivity index (χ4v) is 5.28. The Kier molecular flexibility index (Phi) is 8.26. The second kappa shape index (κ2) is 11.1. The molecule has 0 saturated heterocycles. The van der Waals surface area contributed by atoms with Gasteiger partial charge in [-0.3, -0.25) is 9.59 Å². The summed E-state index contributed by atoms with van der Waals surface area (Å²) in [7, 11) is 0. The number of ketones is 2. The van der Waals surface area contributed by atoms with Crippen molar-refractivity contribution in [2.75, 3.05) is 0 Å². The third-order valence-corrected chi connectivity index (χ3v) is 7.66. The van der Waals surface area contributed by atoms with E-state index in [4.69, 9.17) is 20.9 Å². The minimum atomic E-state index is -4.60. The van der Waals surface area contributed by atoms with Gasteiger partial charge >= 0.3 is 24.3 Å². The number of hydrogen-bond acceptors (Lipinski definition) is 8. The molecule has 8 nitrogen and oxygen atoms in total. The molecule has 14 heteroatoms. The van der Waals surface area contributed by atoms with Gasteiger partial charge in [0.25, 0.3) is 0 Å². The summed E-state index contributed by atoms with van der Waals surface area (Å²) in [5.74, 6) is -4.85. The van der Waals surface area contributed by atoms with Gasteiger partial charge in [0, 0.05) is 0 Å². The van der Waals surface area contributed by atoms with E-state index in [1.165, 1.54) is 0 Å². The van der Waals surface area contributed by atoms with Crippen molar-refractivity contribution in [1.82, 2.24) is 0 Å². The number of halogens is 6. The highest BCUT2D eigenvalue weighted by atomic mass is 19.4. The summed E-state index contributed by atoms with van der Waals surface area (Å²) in [5, 5.41) is 0. The number of nitrogens with two attached hydrogens (primary N) is 2. The van der Waals surface area contributed by atoms with Gasteiger partial charge in [-0.1, -0.05) is 24.3 Å². The van der Waals surface area contributed by atoms with Crippen LogP contribution in [0.5, 0.6) is 0 Å². The fourth-order valence-electron chi connectivity index (χ4n) is 5.28. The second-order valence-electron chi connectivity index (χ2n) is 10.4. The number of carbonyl (C=O) groups is 4. The van der Waals surface area contributed by atoms with Crippen molar-refractivity contribution in [3.8, 4) is 0 Å². The first kappa shape index (κ1) is 31.2. The molecular weight excluding hydrogens is 574 g/mol. The van der Waals surface area contributed by atoms with E-state index in [0.29, 0.717) is 0 Å². The van der Waals surface area contributed by atoms with E-state index in [9.17, 15) is 45.5 Å². The molecule has 0 heterocycles. The molecule has 2 fully saturated rings. The molecule has 0 aliphatic heterocycles. The quantitative estimate of drug-likeness (QED) is 0.305. The lowest BCUT2D eigenvalue weighted by Gasteiger charge is -2.37. The highest BCUT2D eigenvalue weighted by Gasteiger charge is 2.48. The van der Waals surface area contributed by atoms with Crippen molar-refractivity contribution < 1.29 is 55.0 Å². The van der Waals surface area contributed by atoms with Crippen LogP contribution in [0.1, 0.15) is 60.8 Å².